The van der Waals surface area contributed by atoms with Crippen LogP contribution in [0.2, 0.25) is 6.32 Å². The van der Waals surface area contributed by atoms with Crippen molar-refractivity contribution in [3.05, 3.63) is 6.92 Å². The molecule has 0 fully saturated rings. The van der Waals surface area contributed by atoms with E-state index in [4.69, 9.17) is 14.8 Å². The van der Waals surface area contributed by atoms with E-state index in [1.807, 2.05) is 13.8 Å². The largest absolute Gasteiger partial charge is 2.00 e. The summed E-state index contributed by atoms with van der Waals surface area (Å²) in [7, 11) is -1.10. The summed E-state index contributed by atoms with van der Waals surface area (Å²) in [6, 6.07) is 0. The van der Waals surface area contributed by atoms with Gasteiger partial charge in [-0.25, -0.2) is 0 Å². The van der Waals surface area contributed by atoms with Crippen LogP contribution in [0.4, 0.5) is 0 Å². The molecule has 8 heteroatoms. The number of hydrogen-bond donors (Lipinski definition) is 2. The van der Waals surface area contributed by atoms with Gasteiger partial charge in [0.05, 0.1) is 0 Å². The Bertz CT molecular complexity index is 513. The van der Waals surface area contributed by atoms with E-state index in [0.717, 1.165) is 32.5 Å². The second kappa shape index (κ2) is 76.2. The predicted octanol–water partition coefficient (Wildman–Crippen LogP) is 13.3. The van der Waals surface area contributed by atoms with Gasteiger partial charge in [0.2, 0.25) is 0 Å². The summed E-state index contributed by atoms with van der Waals surface area (Å²) >= 11 is 3.47. The van der Waals surface area contributed by atoms with Gasteiger partial charge in [0.25, 0.3) is 0 Å². The van der Waals surface area contributed by atoms with E-state index >= 15 is 0 Å². The molecule has 0 saturated carbocycles. The van der Waals surface area contributed by atoms with Crippen LogP contribution >= 0.6 is 15.9 Å². The van der Waals surface area contributed by atoms with Crippen molar-refractivity contribution in [1.82, 2.24) is 0 Å². The monoisotopic (exact) mass is 919 g/mol. The van der Waals surface area contributed by atoms with Crippen LogP contribution in [0.3, 0.4) is 0 Å². The zero-order valence-corrected chi connectivity index (χ0v) is 44.0. The Morgan fingerprint density at radius 1 is 0.407 bits per heavy atom. The number of unbranched alkanes of at least 4 members (excludes halogenated alkanes) is 33. The Kier molecular flexibility index (Phi) is 100. The maximum Gasteiger partial charge on any atom is 2.00 e. The normalized spacial score (nSPS) is 9.94. The topological polar surface area (TPSA) is 49.7 Å². The van der Waals surface area contributed by atoms with E-state index < -0.39 is 7.12 Å². The van der Waals surface area contributed by atoms with Crippen molar-refractivity contribution in [1.29, 1.82) is 0 Å². The molecular formula is C46H101BBr2Mg2O3. The first-order chi connectivity index (χ1) is 25.0. The number of rotatable bonds is 38. The molecule has 2 N–H and O–H groups in total. The van der Waals surface area contributed by atoms with Crippen molar-refractivity contribution in [2.24, 2.45) is 0 Å². The molecule has 0 saturated heterocycles. The van der Waals surface area contributed by atoms with Crippen LogP contribution in [-0.4, -0.2) is 81.8 Å². The SMILES string of the molecule is CCCCCCCCCCCCCCB(O)O.CCCCCCCCCCCCCCBr.CCOCC.[Br-].[CH2-]CCCCCCCCCCCCC.[H-].[H-].[Mg+2].[Mg+2]. The number of halogens is 2. The Hall–Kier alpha value is 2.44. The average Bonchev–Trinajstić information content (AvgIpc) is 3.13. The van der Waals surface area contributed by atoms with Gasteiger partial charge in [-0.1, -0.05) is 255 Å². The second-order valence-electron chi connectivity index (χ2n) is 14.9. The third kappa shape index (κ3) is 90.5. The fourth-order valence-corrected chi connectivity index (χ4v) is 6.54. The van der Waals surface area contributed by atoms with E-state index in [2.05, 4.69) is 43.6 Å². The average molecular weight is 922 g/mol. The zero-order chi connectivity index (χ0) is 38.6. The van der Waals surface area contributed by atoms with Gasteiger partial charge in [-0.05, 0) is 26.6 Å². The molecular weight excluding hydrogens is 820 g/mol. The fraction of sp³-hybridized carbons (Fsp3) is 0.978. The maximum absolute atomic E-state index is 8.67. The minimum Gasteiger partial charge on any atom is -1.00 e. The van der Waals surface area contributed by atoms with Gasteiger partial charge < -0.3 is 41.5 Å². The van der Waals surface area contributed by atoms with Crippen molar-refractivity contribution >= 4 is 69.2 Å². The first kappa shape index (κ1) is 71.0. The quantitative estimate of drug-likeness (QED) is 0.0281. The molecule has 0 spiro atoms. The standard InChI is InChI=1S/C14H31BO2.C14H29Br.C14H29.C4H10O.BrH.2Mg.2H/c1-2-3-4-5-6-7-8-9-10-11-12-13-14-15(16)17;1-2-3-4-5-6-7-8-9-10-11-12-13-14-15;1-3-5-7-9-11-13-14-12-10-8-6-4-2;1-3-5-4-2;;;;;/h16-17H,2-14H2,1H3;2-14H2,1H3;1,3-14H2,2H3;3-4H2,1-2H3;1H;;;;/q;;-1;;;2*+2;2*-1/p-1. The Balaban J connectivity index is -0.0000000765. The molecule has 54 heavy (non-hydrogen) atoms. The molecule has 0 unspecified atom stereocenters. The van der Waals surface area contributed by atoms with E-state index in [-0.39, 0.29) is 65.9 Å². The third-order valence-electron chi connectivity index (χ3n) is 9.56. The van der Waals surface area contributed by atoms with E-state index in [9.17, 15) is 0 Å². The van der Waals surface area contributed by atoms with Gasteiger partial charge in [-0.2, -0.15) is 6.42 Å². The molecule has 0 aliphatic rings. The van der Waals surface area contributed by atoms with Gasteiger partial charge in [0, 0.05) is 18.5 Å². The van der Waals surface area contributed by atoms with Crippen molar-refractivity contribution < 1.29 is 34.6 Å². The number of ether oxygens (including phenoxy) is 1. The zero-order valence-electron chi connectivity index (χ0n) is 40.0. The van der Waals surface area contributed by atoms with Gasteiger partial charge in [0.15, 0.2) is 0 Å². The molecule has 0 amide bonds. The molecule has 0 aromatic heterocycles. The Labute approximate surface area is 398 Å². The van der Waals surface area contributed by atoms with Crippen molar-refractivity contribution in [2.75, 3.05) is 18.5 Å². The summed E-state index contributed by atoms with van der Waals surface area (Å²) in [6.45, 7) is 16.4. The summed E-state index contributed by atoms with van der Waals surface area (Å²) in [4.78, 5) is 0. The van der Waals surface area contributed by atoms with Crippen molar-refractivity contribution in [3.63, 3.8) is 0 Å². The van der Waals surface area contributed by atoms with Gasteiger partial charge in [-0.3, -0.25) is 0 Å². The van der Waals surface area contributed by atoms with Crippen LogP contribution in [0.5, 0.6) is 0 Å². The summed E-state index contributed by atoms with van der Waals surface area (Å²) in [5, 5.41) is 18.5. The minimum atomic E-state index is -1.10. The van der Waals surface area contributed by atoms with Crippen LogP contribution in [-0.2, 0) is 4.74 Å². The molecule has 0 radical (unpaired) electrons. The van der Waals surface area contributed by atoms with Crippen molar-refractivity contribution in [3.8, 4) is 0 Å². The van der Waals surface area contributed by atoms with Crippen LogP contribution < -0.4 is 17.0 Å². The summed E-state index contributed by atoms with van der Waals surface area (Å²) in [5.74, 6) is 0. The number of hydrogen-bond acceptors (Lipinski definition) is 3. The molecule has 0 rings (SSSR count). The van der Waals surface area contributed by atoms with Gasteiger partial charge in [-0.15, -0.1) is 0 Å². The molecule has 3 nitrogen and oxygen atoms in total. The molecule has 0 aromatic carbocycles. The van der Waals surface area contributed by atoms with E-state index in [1.54, 1.807) is 0 Å². The Morgan fingerprint density at radius 3 is 0.815 bits per heavy atom. The molecule has 0 atom stereocenters. The summed E-state index contributed by atoms with van der Waals surface area (Å²) in [6.07, 6.45) is 50.5. The van der Waals surface area contributed by atoms with E-state index in [0.29, 0.717) is 6.32 Å². The van der Waals surface area contributed by atoms with Crippen LogP contribution in [0.25, 0.3) is 0 Å². The summed E-state index contributed by atoms with van der Waals surface area (Å²) in [5.41, 5.74) is 0. The van der Waals surface area contributed by atoms with E-state index in [1.165, 1.54) is 217 Å². The molecule has 0 aliphatic carbocycles. The Morgan fingerprint density at radius 2 is 0.630 bits per heavy atom. The second-order valence-corrected chi connectivity index (χ2v) is 15.7. The van der Waals surface area contributed by atoms with Crippen LogP contribution in [0.15, 0.2) is 0 Å². The predicted molar refractivity (Wildman–Crippen MR) is 253 cm³/mol. The first-order valence-corrected chi connectivity index (χ1v) is 24.4. The molecule has 0 aromatic rings. The van der Waals surface area contributed by atoms with Gasteiger partial charge >= 0.3 is 53.2 Å². The first-order valence-electron chi connectivity index (χ1n) is 23.3. The van der Waals surface area contributed by atoms with Crippen LogP contribution in [0.1, 0.15) is 269 Å². The minimum absolute atomic E-state index is 0. The molecule has 0 aliphatic heterocycles. The molecule has 324 valence electrons. The molecule has 0 bridgehead atoms. The maximum atomic E-state index is 8.67. The molecule has 0 heterocycles. The van der Waals surface area contributed by atoms with Gasteiger partial charge in [0.1, 0.15) is 0 Å². The van der Waals surface area contributed by atoms with Crippen LogP contribution in [0, 0.1) is 6.92 Å². The fourth-order valence-electron chi connectivity index (χ4n) is 6.15. The van der Waals surface area contributed by atoms with Crippen molar-refractivity contribution in [2.45, 2.75) is 272 Å². The smallest absolute Gasteiger partial charge is 1.00 e. The third-order valence-corrected chi connectivity index (χ3v) is 10.1. The summed E-state index contributed by atoms with van der Waals surface area (Å²) < 4.78 is 4.83. The number of alkyl halides is 1.